The summed E-state index contributed by atoms with van der Waals surface area (Å²) in [5.74, 6) is -1.61. The molecule has 0 spiro atoms. The zero-order chi connectivity index (χ0) is 20.6. The summed E-state index contributed by atoms with van der Waals surface area (Å²) in [5, 5.41) is 2.67. The average Bonchev–Trinajstić information content (AvgIpc) is 3.13. The molecular formula is C23H25NO5. The van der Waals surface area contributed by atoms with Crippen molar-refractivity contribution in [2.24, 2.45) is 5.92 Å². The fourth-order valence-corrected chi connectivity index (χ4v) is 3.49. The van der Waals surface area contributed by atoms with Crippen LogP contribution in [0.1, 0.15) is 29.2 Å². The van der Waals surface area contributed by atoms with Crippen molar-refractivity contribution >= 4 is 17.8 Å². The van der Waals surface area contributed by atoms with Gasteiger partial charge in [-0.25, -0.2) is 4.79 Å². The van der Waals surface area contributed by atoms with Crippen LogP contribution < -0.4 is 5.32 Å². The first-order valence-electron chi connectivity index (χ1n) is 9.80. The molecule has 1 amide bonds. The Hall–Kier alpha value is -3.15. The SMILES string of the molecule is CCOC(=O)Cc1ccc2c(c1)CC(CNC(=O)C(=O)OCc1ccccc1)C2. The van der Waals surface area contributed by atoms with Gasteiger partial charge in [-0.2, -0.15) is 0 Å². The van der Waals surface area contributed by atoms with E-state index in [2.05, 4.69) is 5.32 Å². The van der Waals surface area contributed by atoms with Crippen molar-refractivity contribution in [3.05, 3.63) is 70.8 Å². The third kappa shape index (κ3) is 5.91. The van der Waals surface area contributed by atoms with Crippen LogP contribution in [-0.2, 0) is 49.7 Å². The predicted octanol–water partition coefficient (Wildman–Crippen LogP) is 2.37. The second-order valence-electron chi connectivity index (χ2n) is 7.13. The minimum atomic E-state index is -0.874. The van der Waals surface area contributed by atoms with Crippen molar-refractivity contribution in [2.45, 2.75) is 32.8 Å². The summed E-state index contributed by atoms with van der Waals surface area (Å²) < 4.78 is 10.0. The van der Waals surface area contributed by atoms with Gasteiger partial charge < -0.3 is 14.8 Å². The van der Waals surface area contributed by atoms with E-state index in [1.807, 2.05) is 48.5 Å². The molecule has 2 aromatic carbocycles. The Morgan fingerprint density at radius 3 is 2.48 bits per heavy atom. The molecule has 0 aromatic heterocycles. The molecule has 0 saturated carbocycles. The standard InChI is InChI=1S/C23H25NO5/c1-2-28-21(25)13-17-8-9-19-11-18(12-20(19)10-17)14-24-22(26)23(27)29-15-16-6-4-3-5-7-16/h3-10,18H,2,11-15H2,1H3,(H,24,26). The molecule has 29 heavy (non-hydrogen) atoms. The van der Waals surface area contributed by atoms with Crippen molar-refractivity contribution < 1.29 is 23.9 Å². The number of hydrogen-bond acceptors (Lipinski definition) is 5. The van der Waals surface area contributed by atoms with Crippen LogP contribution in [0.5, 0.6) is 0 Å². The number of nitrogens with one attached hydrogen (secondary N) is 1. The molecule has 3 rings (SSSR count). The largest absolute Gasteiger partial charge is 0.466 e. The van der Waals surface area contributed by atoms with Crippen LogP contribution >= 0.6 is 0 Å². The Balaban J connectivity index is 1.44. The van der Waals surface area contributed by atoms with Gasteiger partial charge in [-0.05, 0) is 47.9 Å². The van der Waals surface area contributed by atoms with Gasteiger partial charge in [0.05, 0.1) is 13.0 Å². The first-order chi connectivity index (χ1) is 14.0. The van der Waals surface area contributed by atoms with E-state index in [1.54, 1.807) is 6.92 Å². The second-order valence-corrected chi connectivity index (χ2v) is 7.13. The fourth-order valence-electron chi connectivity index (χ4n) is 3.49. The van der Waals surface area contributed by atoms with Crippen LogP contribution in [0, 0.1) is 5.92 Å². The summed E-state index contributed by atoms with van der Waals surface area (Å²) in [6.45, 7) is 2.64. The third-order valence-corrected chi connectivity index (χ3v) is 4.89. The maximum absolute atomic E-state index is 12.0. The van der Waals surface area contributed by atoms with Gasteiger partial charge in [0.15, 0.2) is 0 Å². The number of fused-ring (bicyclic) bond motifs is 1. The summed E-state index contributed by atoms with van der Waals surface area (Å²) in [6.07, 6.45) is 1.88. The van der Waals surface area contributed by atoms with Crippen molar-refractivity contribution in [1.82, 2.24) is 5.32 Å². The van der Waals surface area contributed by atoms with Gasteiger partial charge in [0.1, 0.15) is 6.61 Å². The average molecular weight is 395 g/mol. The molecular weight excluding hydrogens is 370 g/mol. The van der Waals surface area contributed by atoms with E-state index in [1.165, 1.54) is 11.1 Å². The molecule has 0 fully saturated rings. The summed E-state index contributed by atoms with van der Waals surface area (Å²) in [4.78, 5) is 35.5. The molecule has 1 aliphatic rings. The van der Waals surface area contributed by atoms with E-state index < -0.39 is 11.9 Å². The van der Waals surface area contributed by atoms with Crippen molar-refractivity contribution in [3.8, 4) is 0 Å². The number of carbonyl (C=O) groups excluding carboxylic acids is 3. The molecule has 1 unspecified atom stereocenters. The summed E-state index contributed by atoms with van der Waals surface area (Å²) in [5.41, 5.74) is 4.15. The maximum Gasteiger partial charge on any atom is 0.397 e. The van der Waals surface area contributed by atoms with Crippen LogP contribution in [0.15, 0.2) is 48.5 Å². The van der Waals surface area contributed by atoms with E-state index in [-0.39, 0.29) is 24.9 Å². The molecule has 6 heteroatoms. The summed E-state index contributed by atoms with van der Waals surface area (Å²) >= 11 is 0. The Morgan fingerprint density at radius 2 is 1.72 bits per heavy atom. The number of ether oxygens (including phenoxy) is 2. The molecule has 0 aliphatic heterocycles. The molecule has 0 heterocycles. The number of benzene rings is 2. The highest BCUT2D eigenvalue weighted by Gasteiger charge is 2.24. The molecule has 1 aliphatic carbocycles. The normalized spacial score (nSPS) is 14.7. The predicted molar refractivity (Wildman–Crippen MR) is 107 cm³/mol. The quantitative estimate of drug-likeness (QED) is 0.575. The van der Waals surface area contributed by atoms with Crippen molar-refractivity contribution in [2.75, 3.05) is 13.2 Å². The lowest BCUT2D eigenvalue weighted by atomic mass is 10.0. The van der Waals surface area contributed by atoms with E-state index in [0.29, 0.717) is 13.2 Å². The molecule has 1 N–H and O–H groups in total. The lowest BCUT2D eigenvalue weighted by Gasteiger charge is -2.10. The third-order valence-electron chi connectivity index (χ3n) is 4.89. The highest BCUT2D eigenvalue weighted by atomic mass is 16.5. The summed E-state index contributed by atoms with van der Waals surface area (Å²) in [6, 6.07) is 15.2. The Morgan fingerprint density at radius 1 is 0.966 bits per heavy atom. The number of esters is 2. The Kier molecular flexibility index (Phi) is 7.00. The van der Waals surface area contributed by atoms with Crippen LogP contribution in [0.25, 0.3) is 0 Å². The monoisotopic (exact) mass is 395 g/mol. The van der Waals surface area contributed by atoms with Crippen LogP contribution in [-0.4, -0.2) is 31.0 Å². The van der Waals surface area contributed by atoms with Gasteiger partial charge in [-0.15, -0.1) is 0 Å². The minimum absolute atomic E-state index is 0.0746. The first-order valence-corrected chi connectivity index (χ1v) is 9.80. The highest BCUT2D eigenvalue weighted by Crippen LogP contribution is 2.27. The van der Waals surface area contributed by atoms with Crippen molar-refractivity contribution in [1.29, 1.82) is 0 Å². The van der Waals surface area contributed by atoms with Gasteiger partial charge in [0, 0.05) is 6.54 Å². The second kappa shape index (κ2) is 9.87. The Bertz CT molecular complexity index is 878. The number of rotatable bonds is 7. The van der Waals surface area contributed by atoms with Gasteiger partial charge >= 0.3 is 17.8 Å². The van der Waals surface area contributed by atoms with Crippen LogP contribution in [0.4, 0.5) is 0 Å². The molecule has 0 saturated heterocycles. The number of amides is 1. The van der Waals surface area contributed by atoms with E-state index in [9.17, 15) is 14.4 Å². The van der Waals surface area contributed by atoms with Gasteiger partial charge in [-0.3, -0.25) is 9.59 Å². The van der Waals surface area contributed by atoms with Crippen LogP contribution in [0.2, 0.25) is 0 Å². The molecule has 6 nitrogen and oxygen atoms in total. The number of carbonyl (C=O) groups is 3. The topological polar surface area (TPSA) is 81.7 Å². The minimum Gasteiger partial charge on any atom is -0.466 e. The van der Waals surface area contributed by atoms with Crippen molar-refractivity contribution in [3.63, 3.8) is 0 Å². The zero-order valence-electron chi connectivity index (χ0n) is 16.5. The van der Waals surface area contributed by atoms with Gasteiger partial charge in [-0.1, -0.05) is 48.5 Å². The fraction of sp³-hybridized carbons (Fsp3) is 0.348. The summed E-state index contributed by atoms with van der Waals surface area (Å²) in [7, 11) is 0. The van der Waals surface area contributed by atoms with E-state index >= 15 is 0 Å². The van der Waals surface area contributed by atoms with Crippen LogP contribution in [0.3, 0.4) is 0 Å². The lowest BCUT2D eigenvalue weighted by Crippen LogP contribution is -2.36. The number of hydrogen-bond donors (Lipinski definition) is 1. The van der Waals surface area contributed by atoms with Gasteiger partial charge in [0.2, 0.25) is 0 Å². The zero-order valence-corrected chi connectivity index (χ0v) is 16.5. The molecule has 1 atom stereocenters. The molecule has 152 valence electrons. The highest BCUT2D eigenvalue weighted by molar-refractivity contribution is 6.32. The Labute approximate surface area is 170 Å². The maximum atomic E-state index is 12.0. The van der Waals surface area contributed by atoms with Gasteiger partial charge in [0.25, 0.3) is 0 Å². The lowest BCUT2D eigenvalue weighted by molar-refractivity contribution is -0.155. The smallest absolute Gasteiger partial charge is 0.397 e. The molecule has 0 radical (unpaired) electrons. The van der Waals surface area contributed by atoms with E-state index in [0.717, 1.165) is 24.0 Å². The molecule has 0 bridgehead atoms. The first kappa shape index (κ1) is 20.6. The molecule has 2 aromatic rings. The van der Waals surface area contributed by atoms with E-state index in [4.69, 9.17) is 9.47 Å².